The minimum absolute atomic E-state index is 0.226. The highest BCUT2D eigenvalue weighted by Crippen LogP contribution is 2.28. The maximum atomic E-state index is 11.5. The second-order valence-electron chi connectivity index (χ2n) is 3.00. The normalized spacial score (nSPS) is 19.5. The highest BCUT2D eigenvalue weighted by atomic mass is 79.9. The van der Waals surface area contributed by atoms with Gasteiger partial charge in [-0.3, -0.25) is 0 Å². The van der Waals surface area contributed by atoms with Gasteiger partial charge in [0, 0.05) is 16.2 Å². The number of sulfone groups is 1. The van der Waals surface area contributed by atoms with Crippen LogP contribution in [-0.2, 0) is 16.3 Å². The molecule has 70 valence electrons. The lowest BCUT2D eigenvalue weighted by atomic mass is 10.2. The lowest BCUT2D eigenvalue weighted by molar-refractivity contribution is 0.580. The minimum Gasteiger partial charge on any atom is -0.244 e. The Morgan fingerprint density at radius 3 is 2.92 bits per heavy atom. The maximum absolute atomic E-state index is 11.5. The molecule has 0 atom stereocenters. The van der Waals surface area contributed by atoms with Gasteiger partial charge >= 0.3 is 0 Å². The average Bonchev–Trinajstić information content (AvgIpc) is 2.06. The highest BCUT2D eigenvalue weighted by molar-refractivity contribution is 9.10. The molecular weight excluding hydrogens is 254 g/mol. The Labute approximate surface area is 85.2 Å². The summed E-state index contributed by atoms with van der Waals surface area (Å²) in [6.45, 7) is 0. The zero-order valence-corrected chi connectivity index (χ0v) is 9.23. The van der Waals surface area contributed by atoms with Crippen LogP contribution in [0.1, 0.15) is 12.0 Å². The van der Waals surface area contributed by atoms with E-state index in [0.717, 1.165) is 16.5 Å². The van der Waals surface area contributed by atoms with Gasteiger partial charge in [0.15, 0.2) is 14.9 Å². The molecule has 5 heteroatoms. The molecule has 0 amide bonds. The Morgan fingerprint density at radius 2 is 2.23 bits per heavy atom. The van der Waals surface area contributed by atoms with Crippen molar-refractivity contribution < 1.29 is 8.42 Å². The Hall–Kier alpha value is -0.420. The quantitative estimate of drug-likeness (QED) is 0.712. The number of halogens is 1. The number of hydrogen-bond donors (Lipinski definition) is 0. The van der Waals surface area contributed by atoms with Crippen molar-refractivity contribution in [1.82, 2.24) is 4.98 Å². The smallest absolute Gasteiger partial charge is 0.195 e. The molecule has 1 aliphatic rings. The van der Waals surface area contributed by atoms with Crippen LogP contribution in [0.25, 0.3) is 0 Å². The molecule has 0 fully saturated rings. The van der Waals surface area contributed by atoms with Gasteiger partial charge < -0.3 is 0 Å². The number of pyridine rings is 1. The van der Waals surface area contributed by atoms with E-state index in [-0.39, 0.29) is 10.8 Å². The molecule has 0 N–H and O–H groups in total. The Bertz CT molecular complexity index is 441. The van der Waals surface area contributed by atoms with Gasteiger partial charge in [0.2, 0.25) is 0 Å². The van der Waals surface area contributed by atoms with Crippen molar-refractivity contribution >= 4 is 25.8 Å². The molecule has 1 aromatic heterocycles. The van der Waals surface area contributed by atoms with E-state index in [1.807, 2.05) is 0 Å². The van der Waals surface area contributed by atoms with Crippen molar-refractivity contribution in [3.05, 3.63) is 22.3 Å². The average molecular weight is 262 g/mol. The first-order valence-corrected chi connectivity index (χ1v) is 6.42. The van der Waals surface area contributed by atoms with Gasteiger partial charge in [-0.1, -0.05) is 15.9 Å². The summed E-state index contributed by atoms with van der Waals surface area (Å²) in [5.41, 5.74) is 0.828. The Morgan fingerprint density at radius 1 is 1.46 bits per heavy atom. The lowest BCUT2D eigenvalue weighted by Gasteiger charge is -2.15. The molecule has 0 radical (unpaired) electrons. The van der Waals surface area contributed by atoms with Crippen molar-refractivity contribution in [2.24, 2.45) is 0 Å². The first kappa shape index (κ1) is 9.15. The van der Waals surface area contributed by atoms with Crippen LogP contribution < -0.4 is 0 Å². The van der Waals surface area contributed by atoms with Gasteiger partial charge in [-0.2, -0.15) is 0 Å². The highest BCUT2D eigenvalue weighted by Gasteiger charge is 2.25. The van der Waals surface area contributed by atoms with Crippen LogP contribution in [-0.4, -0.2) is 19.2 Å². The standard InChI is InChI=1S/C8H8BrNO2S/c9-7-3-4-10-8-6(7)2-1-5-13(8,11)12/h3-4H,1-2,5H2. The molecule has 1 aliphatic heterocycles. The van der Waals surface area contributed by atoms with Crippen molar-refractivity contribution in [3.8, 4) is 0 Å². The summed E-state index contributed by atoms with van der Waals surface area (Å²) in [5, 5.41) is 0.258. The van der Waals surface area contributed by atoms with Crippen molar-refractivity contribution in [2.45, 2.75) is 17.9 Å². The monoisotopic (exact) mass is 261 g/mol. The first-order valence-electron chi connectivity index (χ1n) is 3.97. The Balaban J connectivity index is 2.73. The predicted molar refractivity (Wildman–Crippen MR) is 52.3 cm³/mol. The molecule has 0 bridgehead atoms. The molecule has 0 saturated heterocycles. The van der Waals surface area contributed by atoms with E-state index in [9.17, 15) is 8.42 Å². The summed E-state index contributed by atoms with van der Waals surface area (Å²) in [6, 6.07) is 1.78. The second-order valence-corrected chi connectivity index (χ2v) is 5.88. The largest absolute Gasteiger partial charge is 0.244 e. The summed E-state index contributed by atoms with van der Waals surface area (Å²) in [5.74, 6) is 0.226. The third-order valence-electron chi connectivity index (χ3n) is 2.09. The lowest BCUT2D eigenvalue weighted by Crippen LogP contribution is -2.18. The molecule has 13 heavy (non-hydrogen) atoms. The zero-order chi connectivity index (χ0) is 9.47. The van der Waals surface area contributed by atoms with Gasteiger partial charge in [-0.05, 0) is 18.9 Å². The van der Waals surface area contributed by atoms with E-state index in [4.69, 9.17) is 0 Å². The van der Waals surface area contributed by atoms with Crippen LogP contribution in [0.3, 0.4) is 0 Å². The molecule has 0 spiro atoms. The predicted octanol–water partition coefficient (Wildman–Crippen LogP) is 1.56. The fourth-order valence-electron chi connectivity index (χ4n) is 1.48. The molecule has 0 aromatic carbocycles. The van der Waals surface area contributed by atoms with Crippen LogP contribution in [0.2, 0.25) is 0 Å². The molecule has 0 aliphatic carbocycles. The van der Waals surface area contributed by atoms with Gasteiger partial charge in [0.05, 0.1) is 5.75 Å². The van der Waals surface area contributed by atoms with E-state index >= 15 is 0 Å². The van der Waals surface area contributed by atoms with Crippen molar-refractivity contribution in [1.29, 1.82) is 0 Å². The topological polar surface area (TPSA) is 47.0 Å². The van der Waals surface area contributed by atoms with Gasteiger partial charge in [0.25, 0.3) is 0 Å². The second kappa shape index (κ2) is 3.06. The van der Waals surface area contributed by atoms with Crippen molar-refractivity contribution in [2.75, 3.05) is 5.75 Å². The molecule has 0 unspecified atom stereocenters. The molecule has 2 rings (SSSR count). The summed E-state index contributed by atoms with van der Waals surface area (Å²) >= 11 is 3.33. The summed E-state index contributed by atoms with van der Waals surface area (Å²) < 4.78 is 23.9. The number of nitrogens with zero attached hydrogens (tertiary/aromatic N) is 1. The van der Waals surface area contributed by atoms with Crippen LogP contribution >= 0.6 is 15.9 Å². The van der Waals surface area contributed by atoms with Crippen LogP contribution in [0.5, 0.6) is 0 Å². The van der Waals surface area contributed by atoms with Crippen LogP contribution in [0, 0.1) is 0 Å². The van der Waals surface area contributed by atoms with E-state index in [1.165, 1.54) is 6.20 Å². The summed E-state index contributed by atoms with van der Waals surface area (Å²) in [7, 11) is -3.11. The van der Waals surface area contributed by atoms with Gasteiger partial charge in [-0.25, -0.2) is 13.4 Å². The third-order valence-corrected chi connectivity index (χ3v) is 4.60. The number of hydrogen-bond acceptors (Lipinski definition) is 3. The SMILES string of the molecule is O=S1(=O)CCCc2c(Br)ccnc21. The van der Waals surface area contributed by atoms with E-state index in [0.29, 0.717) is 6.42 Å². The Kier molecular flexibility index (Phi) is 2.15. The fraction of sp³-hybridized carbons (Fsp3) is 0.375. The van der Waals surface area contributed by atoms with Crippen molar-refractivity contribution in [3.63, 3.8) is 0 Å². The molecular formula is C8H8BrNO2S. The minimum atomic E-state index is -3.11. The zero-order valence-electron chi connectivity index (χ0n) is 6.83. The van der Waals surface area contributed by atoms with E-state index in [2.05, 4.69) is 20.9 Å². The molecule has 3 nitrogen and oxygen atoms in total. The number of rotatable bonds is 0. The summed E-state index contributed by atoms with van der Waals surface area (Å²) in [4.78, 5) is 3.91. The first-order chi connectivity index (χ1) is 6.11. The molecule has 1 aromatic rings. The fourth-order valence-corrected chi connectivity index (χ4v) is 3.64. The van der Waals surface area contributed by atoms with E-state index < -0.39 is 9.84 Å². The van der Waals surface area contributed by atoms with Crippen LogP contribution in [0.15, 0.2) is 21.8 Å². The van der Waals surface area contributed by atoms with Gasteiger partial charge in [-0.15, -0.1) is 0 Å². The van der Waals surface area contributed by atoms with Crippen LogP contribution in [0.4, 0.5) is 0 Å². The maximum Gasteiger partial charge on any atom is 0.195 e. The third kappa shape index (κ3) is 1.50. The van der Waals surface area contributed by atoms with Gasteiger partial charge in [0.1, 0.15) is 0 Å². The molecule has 2 heterocycles. The number of aromatic nitrogens is 1. The number of fused-ring (bicyclic) bond motifs is 1. The van der Waals surface area contributed by atoms with E-state index in [1.54, 1.807) is 6.07 Å². The summed E-state index contributed by atoms with van der Waals surface area (Å²) in [6.07, 6.45) is 3.01. The molecule has 0 saturated carbocycles.